The first-order valence-electron chi connectivity index (χ1n) is 5.14. The second kappa shape index (κ2) is 5.01. The van der Waals surface area contributed by atoms with Crippen LogP contribution in [0.15, 0.2) is 18.2 Å². The van der Waals surface area contributed by atoms with Gasteiger partial charge in [0.05, 0.1) is 6.67 Å². The maximum atomic E-state index is 3.35. The molecule has 78 valence electrons. The van der Waals surface area contributed by atoms with Gasteiger partial charge in [0.25, 0.3) is 0 Å². The van der Waals surface area contributed by atoms with Crippen LogP contribution in [-0.4, -0.2) is 13.7 Å². The minimum absolute atomic E-state index is 0.589. The standard InChI is InChI=1S/C12H20N2/c1-9(2)11-6-5-10(3)12(7-11)14-8-13-4/h5-7,9,13-14H,8H2,1-4H3. The molecule has 0 spiro atoms. The maximum Gasteiger partial charge on any atom is 0.0650 e. The monoisotopic (exact) mass is 192 g/mol. The number of hydrogen-bond donors (Lipinski definition) is 2. The molecule has 2 heteroatoms. The summed E-state index contributed by atoms with van der Waals surface area (Å²) in [5.74, 6) is 0.589. The fraction of sp³-hybridized carbons (Fsp3) is 0.500. The van der Waals surface area contributed by atoms with Crippen molar-refractivity contribution >= 4 is 5.69 Å². The Labute approximate surface area is 86.7 Å². The van der Waals surface area contributed by atoms with Gasteiger partial charge in [0.15, 0.2) is 0 Å². The lowest BCUT2D eigenvalue weighted by Crippen LogP contribution is -2.17. The van der Waals surface area contributed by atoms with E-state index < -0.39 is 0 Å². The average Bonchev–Trinajstić information content (AvgIpc) is 2.16. The first-order chi connectivity index (χ1) is 6.65. The average molecular weight is 192 g/mol. The Morgan fingerprint density at radius 1 is 1.29 bits per heavy atom. The number of anilines is 1. The van der Waals surface area contributed by atoms with Crippen molar-refractivity contribution in [1.82, 2.24) is 5.32 Å². The molecule has 1 rings (SSSR count). The van der Waals surface area contributed by atoms with Gasteiger partial charge in [-0.2, -0.15) is 0 Å². The molecule has 0 aliphatic heterocycles. The van der Waals surface area contributed by atoms with Gasteiger partial charge in [-0.1, -0.05) is 26.0 Å². The van der Waals surface area contributed by atoms with E-state index in [9.17, 15) is 0 Å². The highest BCUT2D eigenvalue weighted by Gasteiger charge is 2.02. The summed E-state index contributed by atoms with van der Waals surface area (Å²) in [6.45, 7) is 7.36. The summed E-state index contributed by atoms with van der Waals surface area (Å²) in [5.41, 5.74) is 3.91. The van der Waals surface area contributed by atoms with Gasteiger partial charge in [0.2, 0.25) is 0 Å². The Bertz CT molecular complexity index is 292. The number of rotatable bonds is 4. The molecule has 0 amide bonds. The lowest BCUT2D eigenvalue weighted by Gasteiger charge is -2.12. The van der Waals surface area contributed by atoms with Crippen LogP contribution in [-0.2, 0) is 0 Å². The van der Waals surface area contributed by atoms with Crippen LogP contribution >= 0.6 is 0 Å². The fourth-order valence-electron chi connectivity index (χ4n) is 1.37. The minimum Gasteiger partial charge on any atom is -0.372 e. The van der Waals surface area contributed by atoms with Gasteiger partial charge in [0, 0.05) is 5.69 Å². The van der Waals surface area contributed by atoms with Crippen molar-refractivity contribution in [2.24, 2.45) is 0 Å². The Morgan fingerprint density at radius 2 is 2.00 bits per heavy atom. The topological polar surface area (TPSA) is 24.1 Å². The maximum absolute atomic E-state index is 3.35. The molecule has 0 heterocycles. The first kappa shape index (κ1) is 11.1. The van der Waals surface area contributed by atoms with Gasteiger partial charge in [0.1, 0.15) is 0 Å². The van der Waals surface area contributed by atoms with E-state index in [-0.39, 0.29) is 0 Å². The highest BCUT2D eigenvalue weighted by atomic mass is 15.0. The summed E-state index contributed by atoms with van der Waals surface area (Å²) in [7, 11) is 1.94. The van der Waals surface area contributed by atoms with Gasteiger partial charge in [-0.25, -0.2) is 0 Å². The summed E-state index contributed by atoms with van der Waals surface area (Å²) >= 11 is 0. The molecule has 0 radical (unpaired) electrons. The molecule has 2 N–H and O–H groups in total. The molecule has 0 saturated heterocycles. The third-order valence-electron chi connectivity index (χ3n) is 2.38. The Kier molecular flexibility index (Phi) is 3.96. The zero-order valence-electron chi connectivity index (χ0n) is 9.52. The van der Waals surface area contributed by atoms with Crippen LogP contribution in [0.3, 0.4) is 0 Å². The summed E-state index contributed by atoms with van der Waals surface area (Å²) in [6.07, 6.45) is 0. The number of hydrogen-bond acceptors (Lipinski definition) is 2. The smallest absolute Gasteiger partial charge is 0.0650 e. The summed E-state index contributed by atoms with van der Waals surface area (Å²) < 4.78 is 0. The Hall–Kier alpha value is -1.02. The van der Waals surface area contributed by atoms with Crippen LogP contribution in [0.4, 0.5) is 5.69 Å². The van der Waals surface area contributed by atoms with Gasteiger partial charge in [-0.15, -0.1) is 0 Å². The zero-order valence-corrected chi connectivity index (χ0v) is 9.52. The van der Waals surface area contributed by atoms with Crippen LogP contribution in [0, 0.1) is 6.92 Å². The molecule has 0 aromatic heterocycles. The summed E-state index contributed by atoms with van der Waals surface area (Å²) in [4.78, 5) is 0. The van der Waals surface area contributed by atoms with Gasteiger partial charge in [-0.05, 0) is 37.1 Å². The van der Waals surface area contributed by atoms with Crippen LogP contribution < -0.4 is 10.6 Å². The van der Waals surface area contributed by atoms with Gasteiger partial charge >= 0.3 is 0 Å². The van der Waals surface area contributed by atoms with Crippen molar-refractivity contribution in [2.75, 3.05) is 19.0 Å². The number of aryl methyl sites for hydroxylation is 1. The molecule has 0 fully saturated rings. The van der Waals surface area contributed by atoms with Crippen molar-refractivity contribution in [3.8, 4) is 0 Å². The van der Waals surface area contributed by atoms with Gasteiger partial charge < -0.3 is 10.6 Å². The number of nitrogens with one attached hydrogen (secondary N) is 2. The van der Waals surface area contributed by atoms with E-state index in [2.05, 4.69) is 49.6 Å². The van der Waals surface area contributed by atoms with Crippen molar-refractivity contribution in [3.63, 3.8) is 0 Å². The van der Waals surface area contributed by atoms with Crippen LogP contribution in [0.1, 0.15) is 30.9 Å². The van der Waals surface area contributed by atoms with Crippen molar-refractivity contribution in [1.29, 1.82) is 0 Å². The molecule has 0 aliphatic carbocycles. The summed E-state index contributed by atoms with van der Waals surface area (Å²) in [6, 6.07) is 6.61. The highest BCUT2D eigenvalue weighted by Crippen LogP contribution is 2.21. The SMILES string of the molecule is CNCNc1cc(C(C)C)ccc1C. The normalized spacial score (nSPS) is 10.6. The fourth-order valence-corrected chi connectivity index (χ4v) is 1.37. The molecular formula is C12H20N2. The predicted octanol–water partition coefficient (Wildman–Crippen LogP) is 2.71. The minimum atomic E-state index is 0.589. The number of benzene rings is 1. The van der Waals surface area contributed by atoms with Gasteiger partial charge in [-0.3, -0.25) is 0 Å². The Morgan fingerprint density at radius 3 is 2.57 bits per heavy atom. The lowest BCUT2D eigenvalue weighted by molar-refractivity contribution is 0.857. The van der Waals surface area contributed by atoms with E-state index in [1.165, 1.54) is 16.8 Å². The highest BCUT2D eigenvalue weighted by molar-refractivity contribution is 5.53. The van der Waals surface area contributed by atoms with E-state index in [0.29, 0.717) is 5.92 Å². The molecule has 14 heavy (non-hydrogen) atoms. The first-order valence-corrected chi connectivity index (χ1v) is 5.14. The van der Waals surface area contributed by atoms with E-state index in [1.807, 2.05) is 7.05 Å². The molecule has 1 aromatic rings. The molecule has 0 bridgehead atoms. The molecule has 0 unspecified atom stereocenters. The zero-order chi connectivity index (χ0) is 10.6. The van der Waals surface area contributed by atoms with Crippen molar-refractivity contribution in [3.05, 3.63) is 29.3 Å². The molecule has 1 aromatic carbocycles. The van der Waals surface area contributed by atoms with E-state index in [1.54, 1.807) is 0 Å². The molecule has 0 saturated carbocycles. The molecule has 2 nitrogen and oxygen atoms in total. The van der Waals surface area contributed by atoms with Crippen LogP contribution in [0.25, 0.3) is 0 Å². The van der Waals surface area contributed by atoms with E-state index >= 15 is 0 Å². The quantitative estimate of drug-likeness (QED) is 0.717. The third kappa shape index (κ3) is 2.74. The third-order valence-corrected chi connectivity index (χ3v) is 2.38. The van der Waals surface area contributed by atoms with Crippen LogP contribution in [0.2, 0.25) is 0 Å². The second-order valence-electron chi connectivity index (χ2n) is 3.94. The summed E-state index contributed by atoms with van der Waals surface area (Å²) in [5, 5.41) is 6.43. The molecular weight excluding hydrogens is 172 g/mol. The van der Waals surface area contributed by atoms with Crippen LogP contribution in [0.5, 0.6) is 0 Å². The Balaban J connectivity index is 2.85. The largest absolute Gasteiger partial charge is 0.372 e. The van der Waals surface area contributed by atoms with Crippen molar-refractivity contribution in [2.45, 2.75) is 26.7 Å². The van der Waals surface area contributed by atoms with E-state index in [4.69, 9.17) is 0 Å². The molecule has 0 aliphatic rings. The predicted molar refractivity (Wildman–Crippen MR) is 62.8 cm³/mol. The molecule has 0 atom stereocenters. The second-order valence-corrected chi connectivity index (χ2v) is 3.94. The van der Waals surface area contributed by atoms with E-state index in [0.717, 1.165) is 6.67 Å². The lowest BCUT2D eigenvalue weighted by atomic mass is 10.0. The van der Waals surface area contributed by atoms with Crippen molar-refractivity contribution < 1.29 is 0 Å².